The third-order valence-electron chi connectivity index (χ3n) is 3.58. The zero-order valence-electron chi connectivity index (χ0n) is 12.5. The van der Waals surface area contributed by atoms with E-state index >= 15 is 0 Å². The van der Waals surface area contributed by atoms with Gasteiger partial charge in [0.05, 0.1) is 10.2 Å². The van der Waals surface area contributed by atoms with E-state index in [1.165, 1.54) is 17.5 Å². The van der Waals surface area contributed by atoms with Gasteiger partial charge in [-0.05, 0) is 49.4 Å². The summed E-state index contributed by atoms with van der Waals surface area (Å²) in [5.41, 5.74) is 2.08. The maximum absolute atomic E-state index is 4.71. The minimum absolute atomic E-state index is 1.00. The topological polar surface area (TPSA) is 28.5 Å². The van der Waals surface area contributed by atoms with Gasteiger partial charge in [0.15, 0.2) is 0 Å². The molecule has 0 radical (unpaired) electrons. The molecular weight excluding hydrogens is 358 g/mol. The number of allylic oxidation sites excluding steroid dienone is 3. The molecule has 0 unspecified atom stereocenters. The standard InChI is InChI=1S/C17H18BrN3S/c1-19-12-13(5-4-10-21-8-2-3-9-21)17-20-15-7-6-14(18)11-16(15)22-17/h4-7,10-12H,2-3,8-9H2,1H3/b10-4+,13-5+,19-12-. The Morgan fingerprint density at radius 1 is 1.36 bits per heavy atom. The van der Waals surface area contributed by atoms with Crippen LogP contribution in [0.2, 0.25) is 0 Å². The molecule has 114 valence electrons. The molecule has 3 nitrogen and oxygen atoms in total. The second-order valence-corrected chi connectivity index (χ2v) is 7.17. The van der Waals surface area contributed by atoms with Crippen LogP contribution < -0.4 is 0 Å². The second kappa shape index (κ2) is 7.20. The van der Waals surface area contributed by atoms with Crippen LogP contribution in [0.15, 0.2) is 46.0 Å². The number of thiazole rings is 1. The fourth-order valence-electron chi connectivity index (χ4n) is 2.49. The van der Waals surface area contributed by atoms with Gasteiger partial charge in [0.25, 0.3) is 0 Å². The number of fused-ring (bicyclic) bond motifs is 1. The third-order valence-corrected chi connectivity index (χ3v) is 5.14. The molecule has 5 heteroatoms. The molecule has 0 aliphatic carbocycles. The lowest BCUT2D eigenvalue weighted by atomic mass is 10.2. The van der Waals surface area contributed by atoms with Crippen molar-refractivity contribution >= 4 is 49.3 Å². The highest BCUT2D eigenvalue weighted by Crippen LogP contribution is 2.28. The van der Waals surface area contributed by atoms with Gasteiger partial charge in [-0.2, -0.15) is 0 Å². The molecule has 22 heavy (non-hydrogen) atoms. The van der Waals surface area contributed by atoms with Gasteiger partial charge in [-0.15, -0.1) is 11.3 Å². The van der Waals surface area contributed by atoms with Crippen LogP contribution in [-0.2, 0) is 0 Å². The lowest BCUT2D eigenvalue weighted by molar-refractivity contribution is 0.468. The number of halogens is 1. The highest BCUT2D eigenvalue weighted by atomic mass is 79.9. The van der Waals surface area contributed by atoms with Gasteiger partial charge in [0.2, 0.25) is 0 Å². The summed E-state index contributed by atoms with van der Waals surface area (Å²) in [6.45, 7) is 2.33. The fraction of sp³-hybridized carbons (Fsp3) is 0.294. The van der Waals surface area contributed by atoms with Gasteiger partial charge in [0, 0.05) is 36.4 Å². The largest absolute Gasteiger partial charge is 0.377 e. The highest BCUT2D eigenvalue weighted by Gasteiger charge is 2.08. The van der Waals surface area contributed by atoms with E-state index in [9.17, 15) is 0 Å². The molecule has 1 aromatic heterocycles. The van der Waals surface area contributed by atoms with Crippen molar-refractivity contribution in [2.45, 2.75) is 12.8 Å². The van der Waals surface area contributed by atoms with Gasteiger partial charge < -0.3 is 4.90 Å². The molecule has 2 aromatic rings. The van der Waals surface area contributed by atoms with Crippen molar-refractivity contribution in [1.29, 1.82) is 0 Å². The van der Waals surface area contributed by atoms with E-state index in [0.29, 0.717) is 0 Å². The van der Waals surface area contributed by atoms with Gasteiger partial charge in [-0.1, -0.05) is 15.9 Å². The summed E-state index contributed by atoms with van der Waals surface area (Å²) in [5.74, 6) is 0. The first-order valence-corrected chi connectivity index (χ1v) is 8.98. The Bertz CT molecular complexity index is 739. The van der Waals surface area contributed by atoms with Gasteiger partial charge >= 0.3 is 0 Å². The average molecular weight is 376 g/mol. The van der Waals surface area contributed by atoms with Crippen molar-refractivity contribution in [3.05, 3.63) is 46.0 Å². The summed E-state index contributed by atoms with van der Waals surface area (Å²) in [7, 11) is 1.79. The molecular formula is C17H18BrN3S. The van der Waals surface area contributed by atoms with Crippen molar-refractivity contribution in [1.82, 2.24) is 9.88 Å². The summed E-state index contributed by atoms with van der Waals surface area (Å²) < 4.78 is 2.27. The highest BCUT2D eigenvalue weighted by molar-refractivity contribution is 9.10. The maximum atomic E-state index is 4.71. The van der Waals surface area contributed by atoms with Crippen molar-refractivity contribution < 1.29 is 0 Å². The van der Waals surface area contributed by atoms with Gasteiger partial charge in [-0.3, -0.25) is 4.99 Å². The van der Waals surface area contributed by atoms with Crippen LogP contribution >= 0.6 is 27.3 Å². The maximum Gasteiger partial charge on any atom is 0.126 e. The van der Waals surface area contributed by atoms with Crippen molar-refractivity contribution in [3.63, 3.8) is 0 Å². The number of benzene rings is 1. The molecule has 0 amide bonds. The molecule has 1 fully saturated rings. The van der Waals surface area contributed by atoms with Gasteiger partial charge in [-0.25, -0.2) is 4.98 Å². The summed E-state index contributed by atoms with van der Waals surface area (Å²) >= 11 is 5.20. The number of likely N-dealkylation sites (tertiary alicyclic amines) is 1. The quantitative estimate of drug-likeness (QED) is 0.569. The molecule has 1 aliphatic rings. The first kappa shape index (κ1) is 15.4. The minimum Gasteiger partial charge on any atom is -0.377 e. The fourth-order valence-corrected chi connectivity index (χ4v) is 4.00. The first-order chi connectivity index (χ1) is 10.8. The van der Waals surface area contributed by atoms with E-state index in [4.69, 9.17) is 4.98 Å². The zero-order valence-corrected chi connectivity index (χ0v) is 14.9. The van der Waals surface area contributed by atoms with Crippen LogP contribution in [0.5, 0.6) is 0 Å². The van der Waals surface area contributed by atoms with Crippen molar-refractivity contribution in [2.75, 3.05) is 20.1 Å². The van der Waals surface area contributed by atoms with E-state index < -0.39 is 0 Å². The third kappa shape index (κ3) is 3.65. The van der Waals surface area contributed by atoms with Crippen LogP contribution in [0.4, 0.5) is 0 Å². The number of aromatic nitrogens is 1. The minimum atomic E-state index is 1.00. The van der Waals surface area contributed by atoms with Crippen LogP contribution in [0.3, 0.4) is 0 Å². The predicted octanol–water partition coefficient (Wildman–Crippen LogP) is 4.75. The molecule has 1 aliphatic heterocycles. The van der Waals surface area contributed by atoms with Crippen LogP contribution in [0.1, 0.15) is 17.8 Å². The van der Waals surface area contributed by atoms with E-state index in [1.54, 1.807) is 18.4 Å². The number of nitrogens with zero attached hydrogens (tertiary/aromatic N) is 3. The summed E-state index contributed by atoms with van der Waals surface area (Å²) in [6.07, 6.45) is 10.8. The van der Waals surface area contributed by atoms with Crippen LogP contribution in [-0.4, -0.2) is 36.2 Å². The summed E-state index contributed by atoms with van der Waals surface area (Å²) in [5, 5.41) is 1.00. The lowest BCUT2D eigenvalue weighted by Crippen LogP contribution is -2.09. The van der Waals surface area contributed by atoms with E-state index in [2.05, 4.69) is 50.2 Å². The molecule has 3 rings (SSSR count). The molecule has 0 bridgehead atoms. The second-order valence-electron chi connectivity index (χ2n) is 5.22. The SMILES string of the molecule is C\N=C/C(=C\C=C\N1CCCC1)c1nc2ccc(Br)cc2s1. The molecule has 2 heterocycles. The molecule has 1 aromatic carbocycles. The Hall–Kier alpha value is -1.46. The number of aliphatic imine (C=N–C) groups is 1. The summed E-state index contributed by atoms with van der Waals surface area (Å²) in [4.78, 5) is 11.2. The molecule has 1 saturated heterocycles. The zero-order chi connectivity index (χ0) is 15.4. The number of rotatable bonds is 4. The Balaban J connectivity index is 1.88. The van der Waals surface area contributed by atoms with Crippen molar-refractivity contribution in [2.24, 2.45) is 4.99 Å². The molecule has 0 saturated carbocycles. The smallest absolute Gasteiger partial charge is 0.126 e. The Kier molecular flexibility index (Phi) is 5.05. The normalized spacial score (nSPS) is 16.6. The molecule has 0 spiro atoms. The van der Waals surface area contributed by atoms with Crippen molar-refractivity contribution in [3.8, 4) is 0 Å². The first-order valence-electron chi connectivity index (χ1n) is 7.37. The molecule has 0 N–H and O–H groups in total. The Morgan fingerprint density at radius 3 is 2.95 bits per heavy atom. The number of hydrogen-bond donors (Lipinski definition) is 0. The Labute approximate surface area is 143 Å². The Morgan fingerprint density at radius 2 is 2.18 bits per heavy atom. The number of hydrogen-bond acceptors (Lipinski definition) is 4. The van der Waals surface area contributed by atoms with E-state index in [1.807, 2.05) is 18.3 Å². The predicted molar refractivity (Wildman–Crippen MR) is 99.7 cm³/mol. The van der Waals surface area contributed by atoms with Crippen LogP contribution in [0, 0.1) is 0 Å². The van der Waals surface area contributed by atoms with Crippen LogP contribution in [0.25, 0.3) is 15.8 Å². The lowest BCUT2D eigenvalue weighted by Gasteiger charge is -2.09. The van der Waals surface area contributed by atoms with E-state index in [-0.39, 0.29) is 0 Å². The van der Waals surface area contributed by atoms with Gasteiger partial charge in [0.1, 0.15) is 5.01 Å². The monoisotopic (exact) mass is 375 g/mol. The average Bonchev–Trinajstić information content (AvgIpc) is 3.14. The van der Waals surface area contributed by atoms with E-state index in [0.717, 1.165) is 33.7 Å². The molecule has 0 atom stereocenters. The summed E-state index contributed by atoms with van der Waals surface area (Å²) in [6, 6.07) is 6.17.